The minimum atomic E-state index is -1.46. The number of hydrogen-bond donors (Lipinski definition) is 0. The summed E-state index contributed by atoms with van der Waals surface area (Å²) in [6.07, 6.45) is 0. The van der Waals surface area contributed by atoms with Crippen LogP contribution in [0.5, 0.6) is 0 Å². The molecular formula is C99H64O2. The zero-order valence-electron chi connectivity index (χ0n) is 109. The molecule has 0 spiro atoms. The highest BCUT2D eigenvalue weighted by molar-refractivity contribution is 6.24. The zero-order valence-corrected chi connectivity index (χ0v) is 51.3. The second kappa shape index (κ2) is 23.1. The molecule has 0 radical (unpaired) electrons. The standard InChI is InChI=1S/C51H34O.C48H30O/c1-51(2)44-20-10-9-14-37(44)42-29-35(26-27-45(42)51)49-40-17-7-5-15-38(40)48(39-16-6-8-18-41(39)49)32-24-22-31(23-25-32)36-19-11-21-46-50(36)43-28-33-12-3-4-13-34(33)30-47(43)52-46;1-2-12-31(13-3-1)34-16-10-17-37(28-34)47-41-20-8-6-18-39(41)46(40-19-7-9-21-42(40)47)33-26-24-32(25-27-33)38-22-11-23-44-48(38)43-29-35-14-4-5-15-36(35)30-45(43)49-44/h3-30H,1-2H3;1-30H/i3D,4D,5D,6D,7D,8D,9D,10D,11D,12D,13D,14D,15D,16D,17D,18D,19D,20D,21D,22D,23D,24D,25D,26D,27D,28D,29D,30D;1D,2D,3D,4D,5D,6D,7D,8D,9D,10D,11D,12D,13D,14D,15D,16D,17D,18D,19D,20D,21D,22D,23D,24D,25D,26D,27D,28D,29D,30D. The molecule has 472 valence electrons. The van der Waals surface area contributed by atoms with Gasteiger partial charge in [0.1, 0.15) is 22.3 Å². The quantitative estimate of drug-likeness (QED) is 0.149. The first-order valence-corrected chi connectivity index (χ1v) is 30.3. The van der Waals surface area contributed by atoms with Crippen molar-refractivity contribution < 1.29 is 88.3 Å². The molecule has 0 N–H and O–H groups in total. The van der Waals surface area contributed by atoms with Crippen LogP contribution in [0.1, 0.15) is 104 Å². The van der Waals surface area contributed by atoms with Crippen LogP contribution < -0.4 is 0 Å². The van der Waals surface area contributed by atoms with E-state index in [-0.39, 0.29) is 22.3 Å². The second-order valence-electron chi connectivity index (χ2n) is 23.1. The van der Waals surface area contributed by atoms with Gasteiger partial charge in [0.15, 0.2) is 0 Å². The molecule has 0 saturated carbocycles. The van der Waals surface area contributed by atoms with Crippen LogP contribution in [0.4, 0.5) is 0 Å². The van der Waals surface area contributed by atoms with Crippen molar-refractivity contribution in [3.05, 3.63) is 362 Å². The first-order chi connectivity index (χ1) is 74.0. The normalized spacial score (nSPS) is 20.6. The molecular weight excluding hydrogens is 1220 g/mol. The van der Waals surface area contributed by atoms with Crippen LogP contribution in [0, 0.1) is 0 Å². The van der Waals surface area contributed by atoms with Gasteiger partial charge in [-0.3, -0.25) is 0 Å². The van der Waals surface area contributed by atoms with Gasteiger partial charge in [-0.2, -0.15) is 0 Å². The SMILES string of the molecule is [2H]c1c([2H])c([2H])c(-c2c([2H])c([2H])c([2H])c(-c3c4c([2H])c([2H])c([2H])c([2H])c4c(-c4c([2H])c([2H])c(-c5c([2H])c([2H])c([2H])c6oc7c([2H])c8c([2H])c([2H])c([2H])c([2H])c8c([2H])c7c56)c([2H])c4[2H])c4c([2H])c([2H])c([2H])c([2H])c34)c2[2H])c([2H])c1[2H].[2H]c1c([2H])c([2H])c2c(c1[2H])-c1c([2H])c(-c3c4c([2H])c([2H])c([2H])c([2H])c4c(-c4c([2H])c([2H])c(-c5c([2H])c([2H])c([2H])c6oc7c([2H])c8c([2H])c([2H])c([2H])c([2H])c8c([2H])c7c56)c([2H])c4[2H])c4c([2H])c([2H])c([2H])c([2H])c34)c([2H])c([2H])c1C2(C)C. The molecule has 0 unspecified atom stereocenters. The molecule has 2 heteroatoms. The summed E-state index contributed by atoms with van der Waals surface area (Å²) in [6, 6.07) is -52.8. The molecule has 18 aromatic carbocycles. The minimum absolute atomic E-state index is 0.0304. The lowest BCUT2D eigenvalue weighted by Gasteiger charge is -2.22. The lowest BCUT2D eigenvalue weighted by Crippen LogP contribution is -2.14. The highest BCUT2D eigenvalue weighted by atomic mass is 16.3. The smallest absolute Gasteiger partial charge is 0.136 e. The van der Waals surface area contributed by atoms with Gasteiger partial charge >= 0.3 is 0 Å². The van der Waals surface area contributed by atoms with Crippen LogP contribution in [-0.4, -0.2) is 0 Å². The predicted molar refractivity (Wildman–Crippen MR) is 428 cm³/mol. The van der Waals surface area contributed by atoms with E-state index in [1.54, 1.807) is 0 Å². The van der Waals surface area contributed by atoms with Gasteiger partial charge in [0.25, 0.3) is 0 Å². The second-order valence-corrected chi connectivity index (χ2v) is 23.1. The van der Waals surface area contributed by atoms with Crippen LogP contribution in [0.2, 0.25) is 0 Å². The Labute approximate surface area is 666 Å². The summed E-state index contributed by atoms with van der Waals surface area (Å²) in [5, 5.41) is -9.94. The molecule has 21 rings (SSSR count). The molecule has 2 heterocycles. The third-order valence-corrected chi connectivity index (χ3v) is 17.3. The average Bonchev–Trinajstić information content (AvgIpc) is 1.62. The highest BCUT2D eigenvalue weighted by Gasteiger charge is 2.35. The Hall–Kier alpha value is -12.9. The largest absolute Gasteiger partial charge is 0.456 e. The molecule has 2 aromatic heterocycles. The van der Waals surface area contributed by atoms with E-state index in [1.165, 1.54) is 13.8 Å². The lowest BCUT2D eigenvalue weighted by atomic mass is 9.81. The monoisotopic (exact) mass is 1340 g/mol. The molecule has 0 amide bonds. The Kier molecular flexibility index (Phi) is 5.62. The van der Waals surface area contributed by atoms with Crippen LogP contribution in [0.3, 0.4) is 0 Å². The number of benzene rings is 18. The maximum atomic E-state index is 9.93. The van der Waals surface area contributed by atoms with Gasteiger partial charge < -0.3 is 8.83 Å². The minimum Gasteiger partial charge on any atom is -0.456 e. The van der Waals surface area contributed by atoms with Crippen LogP contribution in [0.25, 0.3) is 198 Å². The molecule has 0 saturated heterocycles. The van der Waals surface area contributed by atoms with E-state index in [0.29, 0.717) is 0 Å². The van der Waals surface area contributed by atoms with Crippen molar-refractivity contribution in [2.45, 2.75) is 19.3 Å². The van der Waals surface area contributed by atoms with Crippen LogP contribution in [-0.2, 0) is 5.41 Å². The third-order valence-electron chi connectivity index (χ3n) is 17.3. The van der Waals surface area contributed by atoms with Crippen molar-refractivity contribution in [2.24, 2.45) is 0 Å². The Morgan fingerprint density at radius 1 is 0.208 bits per heavy atom. The first-order valence-electron chi connectivity index (χ1n) is 59.3. The topological polar surface area (TPSA) is 26.3 Å². The molecule has 1 aliphatic carbocycles. The van der Waals surface area contributed by atoms with Gasteiger partial charge in [-0.1, -0.05) is 316 Å². The summed E-state index contributed by atoms with van der Waals surface area (Å²) in [5.74, 6) is 0. The van der Waals surface area contributed by atoms with Gasteiger partial charge in [0.05, 0.1) is 79.5 Å². The first kappa shape index (κ1) is 24.5. The summed E-state index contributed by atoms with van der Waals surface area (Å²) < 4.78 is 537. The van der Waals surface area contributed by atoms with Gasteiger partial charge in [-0.05, 0) is 213 Å². The highest BCUT2D eigenvalue weighted by Crippen LogP contribution is 2.53. The van der Waals surface area contributed by atoms with Gasteiger partial charge in [-0.15, -0.1) is 0 Å². The van der Waals surface area contributed by atoms with E-state index in [2.05, 4.69) is 0 Å². The maximum absolute atomic E-state index is 9.93. The number of furan rings is 2. The fourth-order valence-electron chi connectivity index (χ4n) is 12.8. The molecule has 0 fully saturated rings. The maximum Gasteiger partial charge on any atom is 0.136 e. The van der Waals surface area contributed by atoms with E-state index < -0.39 is 542 Å². The predicted octanol–water partition coefficient (Wildman–Crippen LogP) is 28.1. The number of fused-ring (bicyclic) bond motifs is 15. The molecule has 0 atom stereocenters. The Bertz CT molecular complexity index is 10200. The third kappa shape index (κ3) is 9.40. The molecule has 2 nitrogen and oxygen atoms in total. The summed E-state index contributed by atoms with van der Waals surface area (Å²) in [6.45, 7) is 3.05. The summed E-state index contributed by atoms with van der Waals surface area (Å²) >= 11 is 0. The van der Waals surface area contributed by atoms with Crippen molar-refractivity contribution in [1.82, 2.24) is 0 Å². The van der Waals surface area contributed by atoms with Crippen LogP contribution >= 0.6 is 0 Å². The van der Waals surface area contributed by atoms with Crippen molar-refractivity contribution in [3.8, 4) is 89.0 Å². The van der Waals surface area contributed by atoms with Crippen molar-refractivity contribution in [2.75, 3.05) is 0 Å². The molecule has 0 bridgehead atoms. The van der Waals surface area contributed by atoms with Gasteiger partial charge in [-0.25, -0.2) is 0 Å². The van der Waals surface area contributed by atoms with Crippen molar-refractivity contribution >= 4 is 109 Å². The average molecular weight is 1340 g/mol. The Balaban J connectivity index is 0.000000190. The van der Waals surface area contributed by atoms with Crippen molar-refractivity contribution in [3.63, 3.8) is 0 Å². The zero-order chi connectivity index (χ0) is 117. The lowest BCUT2D eigenvalue weighted by molar-refractivity contribution is 0.660. The fourth-order valence-corrected chi connectivity index (χ4v) is 12.8. The molecule has 101 heavy (non-hydrogen) atoms. The van der Waals surface area contributed by atoms with E-state index in [1.807, 2.05) is 0 Å². The Morgan fingerprint density at radius 2 is 0.535 bits per heavy atom. The molecule has 0 aliphatic heterocycles. The number of rotatable bonds is 7. The van der Waals surface area contributed by atoms with Gasteiger partial charge in [0.2, 0.25) is 0 Å². The van der Waals surface area contributed by atoms with E-state index >= 15 is 0 Å². The van der Waals surface area contributed by atoms with E-state index in [0.717, 1.165) is 0 Å². The number of hydrogen-bond acceptors (Lipinski definition) is 2. The summed E-state index contributed by atoms with van der Waals surface area (Å²) in [4.78, 5) is 0. The van der Waals surface area contributed by atoms with E-state index in [9.17, 15) is 34.3 Å². The van der Waals surface area contributed by atoms with Gasteiger partial charge in [0, 0.05) is 27.0 Å². The van der Waals surface area contributed by atoms with Crippen LogP contribution in [0.15, 0.2) is 359 Å². The fraction of sp³-hybridized carbons (Fsp3) is 0.0303. The Morgan fingerprint density at radius 3 is 1.00 bits per heavy atom. The summed E-state index contributed by atoms with van der Waals surface area (Å²) in [5.41, 5.74) is -15.5. The molecule has 1 aliphatic rings. The van der Waals surface area contributed by atoms with E-state index in [4.69, 9.17) is 54.1 Å². The summed E-state index contributed by atoms with van der Waals surface area (Å²) in [7, 11) is 0. The molecule has 20 aromatic rings. The van der Waals surface area contributed by atoms with Crippen molar-refractivity contribution in [1.29, 1.82) is 0 Å².